The van der Waals surface area contributed by atoms with E-state index in [-0.39, 0.29) is 29.6 Å². The Bertz CT molecular complexity index is 387. The lowest BCUT2D eigenvalue weighted by Crippen LogP contribution is -2.54. The average molecular weight is 318 g/mol. The van der Waals surface area contributed by atoms with Crippen molar-refractivity contribution in [2.24, 2.45) is 11.1 Å². The van der Waals surface area contributed by atoms with Crippen LogP contribution in [0.2, 0.25) is 0 Å². The first-order chi connectivity index (χ1) is 9.30. The molecular formula is C15H28ClN3O2. The number of piperidine rings is 1. The normalized spacial score (nSPS) is 22.2. The Labute approximate surface area is 133 Å². The molecule has 2 aliphatic heterocycles. The van der Waals surface area contributed by atoms with E-state index in [4.69, 9.17) is 5.73 Å². The lowest BCUT2D eigenvalue weighted by molar-refractivity contribution is -0.137. The Hall–Kier alpha value is -0.810. The van der Waals surface area contributed by atoms with E-state index in [1.54, 1.807) is 0 Å². The summed E-state index contributed by atoms with van der Waals surface area (Å²) < 4.78 is 0. The Balaban J connectivity index is 0.00000220. The first kappa shape index (κ1) is 18.2. The van der Waals surface area contributed by atoms with E-state index in [1.165, 1.54) is 0 Å². The Morgan fingerprint density at radius 2 is 1.81 bits per heavy atom. The van der Waals surface area contributed by atoms with Crippen LogP contribution in [0.25, 0.3) is 0 Å². The minimum atomic E-state index is -0.451. The molecule has 0 saturated carbocycles. The smallest absolute Gasteiger partial charge is 0.240 e. The summed E-state index contributed by atoms with van der Waals surface area (Å²) in [4.78, 5) is 28.0. The van der Waals surface area contributed by atoms with Crippen LogP contribution in [0.4, 0.5) is 0 Å². The van der Waals surface area contributed by atoms with E-state index in [0.29, 0.717) is 12.5 Å². The van der Waals surface area contributed by atoms with E-state index in [1.807, 2.05) is 30.6 Å². The van der Waals surface area contributed by atoms with Crippen molar-refractivity contribution >= 4 is 24.2 Å². The van der Waals surface area contributed by atoms with Gasteiger partial charge in [0.05, 0.1) is 6.04 Å². The summed E-state index contributed by atoms with van der Waals surface area (Å²) in [5.74, 6) is 0.324. The number of carbonyl (C=O) groups is 2. The molecule has 2 fully saturated rings. The second-order valence-corrected chi connectivity index (χ2v) is 7.09. The number of carbonyl (C=O) groups excluding carboxylic acids is 2. The molecule has 2 saturated heterocycles. The molecule has 2 rings (SSSR count). The molecule has 122 valence electrons. The molecule has 0 aromatic heterocycles. The van der Waals surface area contributed by atoms with Crippen molar-refractivity contribution in [3.05, 3.63) is 0 Å². The fourth-order valence-corrected chi connectivity index (χ4v) is 3.02. The second-order valence-electron chi connectivity index (χ2n) is 7.09. The van der Waals surface area contributed by atoms with Crippen LogP contribution in [0.15, 0.2) is 0 Å². The molecule has 0 radical (unpaired) electrons. The maximum Gasteiger partial charge on any atom is 0.240 e. The van der Waals surface area contributed by atoms with E-state index in [0.717, 1.165) is 38.9 Å². The number of likely N-dealkylation sites (tertiary alicyclic amines) is 2. The predicted molar refractivity (Wildman–Crippen MR) is 85.2 cm³/mol. The third-order valence-corrected chi connectivity index (χ3v) is 4.53. The fraction of sp³-hybridized carbons (Fsp3) is 0.867. The van der Waals surface area contributed by atoms with Gasteiger partial charge in [0.15, 0.2) is 0 Å². The zero-order valence-corrected chi connectivity index (χ0v) is 14.1. The zero-order valence-electron chi connectivity index (χ0n) is 13.3. The summed E-state index contributed by atoms with van der Waals surface area (Å²) >= 11 is 0. The van der Waals surface area contributed by atoms with Gasteiger partial charge >= 0.3 is 0 Å². The van der Waals surface area contributed by atoms with Gasteiger partial charge in [-0.25, -0.2) is 0 Å². The molecule has 0 aliphatic carbocycles. The molecule has 2 N–H and O–H groups in total. The predicted octanol–water partition coefficient (Wildman–Crippen LogP) is 1.39. The van der Waals surface area contributed by atoms with Crippen LogP contribution in [0.5, 0.6) is 0 Å². The summed E-state index contributed by atoms with van der Waals surface area (Å²) in [6.45, 7) is 8.30. The molecule has 1 atom stereocenters. The van der Waals surface area contributed by atoms with Crippen LogP contribution in [0.3, 0.4) is 0 Å². The summed E-state index contributed by atoms with van der Waals surface area (Å²) in [6, 6.07) is -0.132. The van der Waals surface area contributed by atoms with E-state index in [2.05, 4.69) is 0 Å². The topological polar surface area (TPSA) is 66.6 Å². The van der Waals surface area contributed by atoms with Gasteiger partial charge in [0.2, 0.25) is 11.8 Å². The van der Waals surface area contributed by atoms with Gasteiger partial charge in [0.1, 0.15) is 0 Å². The van der Waals surface area contributed by atoms with Crippen LogP contribution in [0.1, 0.15) is 46.5 Å². The summed E-state index contributed by atoms with van der Waals surface area (Å²) in [6.07, 6.45) is 3.43. The van der Waals surface area contributed by atoms with Gasteiger partial charge in [0, 0.05) is 32.1 Å². The maximum absolute atomic E-state index is 12.4. The molecule has 5 nitrogen and oxygen atoms in total. The van der Waals surface area contributed by atoms with Gasteiger partial charge in [-0.15, -0.1) is 12.4 Å². The van der Waals surface area contributed by atoms with Crippen LogP contribution in [-0.4, -0.2) is 53.3 Å². The van der Waals surface area contributed by atoms with Crippen molar-refractivity contribution in [2.45, 2.75) is 58.5 Å². The molecule has 0 spiro atoms. The first-order valence-corrected chi connectivity index (χ1v) is 7.64. The Kier molecular flexibility index (Phi) is 6.05. The number of hydrogen-bond acceptors (Lipinski definition) is 3. The molecular weight excluding hydrogens is 290 g/mol. The Morgan fingerprint density at radius 1 is 1.24 bits per heavy atom. The van der Waals surface area contributed by atoms with Gasteiger partial charge < -0.3 is 15.5 Å². The van der Waals surface area contributed by atoms with Crippen molar-refractivity contribution in [2.75, 3.05) is 19.6 Å². The fourth-order valence-electron chi connectivity index (χ4n) is 3.02. The van der Waals surface area contributed by atoms with Crippen LogP contribution in [-0.2, 0) is 9.59 Å². The second kappa shape index (κ2) is 6.97. The summed E-state index contributed by atoms with van der Waals surface area (Å²) in [7, 11) is 0. The number of amides is 2. The number of rotatable bonds is 2. The molecule has 2 amide bonds. The molecule has 2 aliphatic rings. The summed E-state index contributed by atoms with van der Waals surface area (Å²) in [5.41, 5.74) is 5.84. The average Bonchev–Trinajstić information content (AvgIpc) is 2.82. The van der Waals surface area contributed by atoms with Crippen molar-refractivity contribution in [1.82, 2.24) is 9.80 Å². The van der Waals surface area contributed by atoms with Gasteiger partial charge in [-0.1, -0.05) is 20.8 Å². The molecule has 21 heavy (non-hydrogen) atoms. The minimum absolute atomic E-state index is 0. The van der Waals surface area contributed by atoms with Crippen LogP contribution >= 0.6 is 12.4 Å². The third-order valence-electron chi connectivity index (χ3n) is 4.53. The quantitative estimate of drug-likeness (QED) is 0.837. The minimum Gasteiger partial charge on any atom is -0.341 e. The molecule has 0 aromatic carbocycles. The van der Waals surface area contributed by atoms with Crippen LogP contribution < -0.4 is 5.73 Å². The van der Waals surface area contributed by atoms with Gasteiger partial charge in [0.25, 0.3) is 0 Å². The highest BCUT2D eigenvalue weighted by atomic mass is 35.5. The summed E-state index contributed by atoms with van der Waals surface area (Å²) in [5, 5.41) is 0. The Morgan fingerprint density at radius 3 is 2.24 bits per heavy atom. The van der Waals surface area contributed by atoms with Crippen molar-refractivity contribution in [3.63, 3.8) is 0 Å². The SMILES string of the molecule is CC(C)(C)[C@H](N)C(=O)N1CCC(N2CCCC2=O)CC1.Cl. The lowest BCUT2D eigenvalue weighted by atomic mass is 9.86. The van der Waals surface area contributed by atoms with E-state index in [9.17, 15) is 9.59 Å². The molecule has 0 unspecified atom stereocenters. The number of hydrogen-bond donors (Lipinski definition) is 1. The van der Waals surface area contributed by atoms with Gasteiger partial charge in [-0.2, -0.15) is 0 Å². The number of nitrogens with two attached hydrogens (primary N) is 1. The lowest BCUT2D eigenvalue weighted by Gasteiger charge is -2.39. The maximum atomic E-state index is 12.4. The zero-order chi connectivity index (χ0) is 14.9. The van der Waals surface area contributed by atoms with Crippen molar-refractivity contribution in [1.29, 1.82) is 0 Å². The highest BCUT2D eigenvalue weighted by molar-refractivity contribution is 5.85. The van der Waals surface area contributed by atoms with Gasteiger partial charge in [-0.3, -0.25) is 9.59 Å². The largest absolute Gasteiger partial charge is 0.341 e. The molecule has 0 bridgehead atoms. The van der Waals surface area contributed by atoms with E-state index >= 15 is 0 Å². The number of halogens is 1. The highest BCUT2D eigenvalue weighted by Gasteiger charge is 2.35. The molecule has 6 heteroatoms. The standard InChI is InChI=1S/C15H27N3O2.ClH/c1-15(2,3)13(16)14(20)17-9-6-11(7-10-17)18-8-4-5-12(18)19;/h11,13H,4-10,16H2,1-3H3;1H/t13-;/m1./s1. The van der Waals surface area contributed by atoms with Crippen molar-refractivity contribution in [3.8, 4) is 0 Å². The number of nitrogens with zero attached hydrogens (tertiary/aromatic N) is 2. The van der Waals surface area contributed by atoms with E-state index < -0.39 is 6.04 Å². The van der Waals surface area contributed by atoms with Crippen LogP contribution in [0, 0.1) is 5.41 Å². The third kappa shape index (κ3) is 4.10. The highest BCUT2D eigenvalue weighted by Crippen LogP contribution is 2.24. The monoisotopic (exact) mass is 317 g/mol. The molecule has 2 heterocycles. The molecule has 0 aromatic rings. The van der Waals surface area contributed by atoms with Gasteiger partial charge in [-0.05, 0) is 24.7 Å². The van der Waals surface area contributed by atoms with Crippen molar-refractivity contribution < 1.29 is 9.59 Å². The first-order valence-electron chi connectivity index (χ1n) is 7.64.